The van der Waals surface area contributed by atoms with Crippen LogP contribution in [-0.4, -0.2) is 83.2 Å². The fraction of sp³-hybridized carbons (Fsp3) is 0.800. The van der Waals surface area contributed by atoms with Gasteiger partial charge in [-0.3, -0.25) is 9.59 Å². The second-order valence-corrected chi connectivity index (χ2v) is 8.02. The van der Waals surface area contributed by atoms with Crippen LogP contribution in [0.5, 0.6) is 0 Å². The zero-order valence-electron chi connectivity index (χ0n) is 18.6. The van der Waals surface area contributed by atoms with Gasteiger partial charge in [-0.15, -0.1) is 0 Å². The standard InChI is InChI=1S/C20H37N3O7/c1-5-15(2)13-30-14-16(3)8-17(24)9-22(11-19(26)27)6-7-23(12-20(28)29)10-18(25)21-4/h15-16H,5-14H2,1-4H3,(H,21,25)(H,26,27)(H,28,29). The second-order valence-electron chi connectivity index (χ2n) is 8.02. The zero-order chi connectivity index (χ0) is 23.1. The maximum absolute atomic E-state index is 12.4. The van der Waals surface area contributed by atoms with Crippen LogP contribution < -0.4 is 25.3 Å². The predicted molar refractivity (Wildman–Crippen MR) is 104 cm³/mol. The predicted octanol–water partition coefficient (Wildman–Crippen LogP) is -5.34. The third-order valence-electron chi connectivity index (χ3n) is 4.84. The van der Waals surface area contributed by atoms with Crippen LogP contribution in [0.15, 0.2) is 0 Å². The van der Waals surface area contributed by atoms with E-state index in [9.17, 15) is 29.4 Å². The summed E-state index contributed by atoms with van der Waals surface area (Å²) in [6.45, 7) is 6.73. The Bertz CT molecular complexity index is 557. The molecule has 30 heavy (non-hydrogen) atoms. The van der Waals surface area contributed by atoms with Crippen LogP contribution in [0.3, 0.4) is 0 Å². The SMILES string of the molecule is CCC(C)COCC(C)CC(=O)C[NH+](CC[NH+](CC(=O)[O-])CC(=O)NC)CC(=O)[O-]. The highest BCUT2D eigenvalue weighted by molar-refractivity contribution is 5.79. The van der Waals surface area contributed by atoms with Crippen LogP contribution in [0.25, 0.3) is 0 Å². The molecule has 0 fully saturated rings. The number of ketones is 1. The highest BCUT2D eigenvalue weighted by Gasteiger charge is 2.21. The van der Waals surface area contributed by atoms with Gasteiger partial charge < -0.3 is 39.7 Å². The molecule has 0 aliphatic heterocycles. The lowest BCUT2D eigenvalue weighted by molar-refractivity contribution is -0.944. The van der Waals surface area contributed by atoms with E-state index < -0.39 is 11.9 Å². The molecule has 0 heterocycles. The molecule has 0 bridgehead atoms. The van der Waals surface area contributed by atoms with Crippen LogP contribution >= 0.6 is 0 Å². The lowest BCUT2D eigenvalue weighted by Gasteiger charge is -2.24. The van der Waals surface area contributed by atoms with Crippen LogP contribution in [0, 0.1) is 11.8 Å². The topological polar surface area (TPSA) is 145 Å². The Kier molecular flexibility index (Phi) is 14.7. The minimum atomic E-state index is -1.31. The van der Waals surface area contributed by atoms with Gasteiger partial charge in [0.15, 0.2) is 12.3 Å². The molecule has 3 N–H and O–H groups in total. The Morgan fingerprint density at radius 2 is 1.37 bits per heavy atom. The molecule has 4 unspecified atom stereocenters. The van der Waals surface area contributed by atoms with Gasteiger partial charge >= 0.3 is 0 Å². The molecule has 0 aromatic rings. The number of carboxylic acids is 2. The first-order chi connectivity index (χ1) is 14.1. The van der Waals surface area contributed by atoms with E-state index in [4.69, 9.17) is 4.74 Å². The molecular formula is C20H37N3O7. The van der Waals surface area contributed by atoms with Gasteiger partial charge in [0, 0.05) is 26.7 Å². The van der Waals surface area contributed by atoms with Crippen molar-refractivity contribution in [1.29, 1.82) is 0 Å². The smallest absolute Gasteiger partial charge is 0.274 e. The number of carboxylic acid groups (broad SMARTS) is 2. The molecule has 1 amide bonds. The highest BCUT2D eigenvalue weighted by Crippen LogP contribution is 2.06. The van der Waals surface area contributed by atoms with Gasteiger partial charge in [0.1, 0.15) is 32.7 Å². The number of Topliss-reactive ketones (excluding diaryl/α,β-unsaturated/α-hetero) is 1. The van der Waals surface area contributed by atoms with E-state index in [1.54, 1.807) is 0 Å². The van der Waals surface area contributed by atoms with Gasteiger partial charge in [-0.1, -0.05) is 27.2 Å². The number of hydrogen-bond acceptors (Lipinski definition) is 7. The molecule has 0 spiro atoms. The van der Waals surface area contributed by atoms with Crippen molar-refractivity contribution >= 4 is 23.6 Å². The van der Waals surface area contributed by atoms with Gasteiger partial charge in [0.2, 0.25) is 0 Å². The van der Waals surface area contributed by atoms with Gasteiger partial charge in [0.05, 0.1) is 11.9 Å². The van der Waals surface area contributed by atoms with Crippen molar-refractivity contribution in [2.45, 2.75) is 33.6 Å². The summed E-state index contributed by atoms with van der Waals surface area (Å²) in [6, 6.07) is 0. The number of carbonyl (C=O) groups excluding carboxylic acids is 4. The van der Waals surface area contributed by atoms with E-state index in [1.165, 1.54) is 7.05 Å². The summed E-state index contributed by atoms with van der Waals surface area (Å²) >= 11 is 0. The molecule has 10 heteroatoms. The molecule has 0 saturated heterocycles. The summed E-state index contributed by atoms with van der Waals surface area (Å²) in [6.07, 6.45) is 1.29. The summed E-state index contributed by atoms with van der Waals surface area (Å²) in [5.41, 5.74) is 0. The Morgan fingerprint density at radius 3 is 1.83 bits per heavy atom. The number of aliphatic carboxylic acids is 2. The summed E-state index contributed by atoms with van der Waals surface area (Å²) in [4.78, 5) is 46.8. The first kappa shape index (κ1) is 28.0. The first-order valence-corrected chi connectivity index (χ1v) is 10.4. The van der Waals surface area contributed by atoms with Crippen molar-refractivity contribution in [3.63, 3.8) is 0 Å². The third kappa shape index (κ3) is 14.9. The minimum absolute atomic E-state index is 0.0116. The number of nitrogens with one attached hydrogen (secondary N) is 3. The number of hydrogen-bond donors (Lipinski definition) is 3. The van der Waals surface area contributed by atoms with Gasteiger partial charge in [-0.2, -0.15) is 0 Å². The van der Waals surface area contributed by atoms with Crippen molar-refractivity contribution in [3.8, 4) is 0 Å². The Balaban J connectivity index is 4.66. The average molecular weight is 432 g/mol. The van der Waals surface area contributed by atoms with Crippen molar-refractivity contribution in [2.24, 2.45) is 11.8 Å². The molecule has 0 aliphatic carbocycles. The van der Waals surface area contributed by atoms with E-state index in [1.807, 2.05) is 6.92 Å². The van der Waals surface area contributed by atoms with Crippen LogP contribution in [0.1, 0.15) is 33.6 Å². The minimum Gasteiger partial charge on any atom is -0.544 e. The maximum atomic E-state index is 12.4. The number of quaternary nitrogens is 2. The van der Waals surface area contributed by atoms with E-state index >= 15 is 0 Å². The number of amides is 1. The van der Waals surface area contributed by atoms with E-state index in [-0.39, 0.29) is 63.3 Å². The van der Waals surface area contributed by atoms with Gasteiger partial charge in [-0.25, -0.2) is 0 Å². The molecule has 4 atom stereocenters. The van der Waals surface area contributed by atoms with Crippen LogP contribution in [0.2, 0.25) is 0 Å². The average Bonchev–Trinajstić information content (AvgIpc) is 2.64. The fourth-order valence-corrected chi connectivity index (χ4v) is 2.94. The highest BCUT2D eigenvalue weighted by atomic mass is 16.5. The number of ether oxygens (including phenoxy) is 1. The Hall–Kier alpha value is -2.04. The summed E-state index contributed by atoms with van der Waals surface area (Å²) < 4.78 is 5.62. The third-order valence-corrected chi connectivity index (χ3v) is 4.84. The normalized spacial score (nSPS) is 15.1. The Labute approximate surface area is 178 Å². The quantitative estimate of drug-likeness (QED) is 0.197. The van der Waals surface area contributed by atoms with E-state index in [0.29, 0.717) is 28.9 Å². The fourth-order valence-electron chi connectivity index (χ4n) is 2.94. The largest absolute Gasteiger partial charge is 0.544 e. The lowest BCUT2D eigenvalue weighted by atomic mass is 10.1. The molecule has 0 saturated carbocycles. The number of rotatable bonds is 18. The second kappa shape index (κ2) is 15.8. The zero-order valence-corrected chi connectivity index (χ0v) is 18.6. The molecular weight excluding hydrogens is 394 g/mol. The monoisotopic (exact) mass is 431 g/mol. The molecule has 0 rings (SSSR count). The number of likely N-dealkylation sites (N-methyl/N-ethyl adjacent to an activating group) is 1. The van der Waals surface area contributed by atoms with Crippen molar-refractivity contribution in [1.82, 2.24) is 5.32 Å². The summed E-state index contributed by atoms with van der Waals surface area (Å²) in [5, 5.41) is 24.4. The van der Waals surface area contributed by atoms with E-state index in [0.717, 1.165) is 6.42 Å². The molecule has 10 nitrogen and oxygen atoms in total. The van der Waals surface area contributed by atoms with Gasteiger partial charge in [-0.05, 0) is 11.8 Å². The van der Waals surface area contributed by atoms with Crippen molar-refractivity contribution < 1.29 is 43.9 Å². The maximum Gasteiger partial charge on any atom is 0.274 e. The van der Waals surface area contributed by atoms with Crippen molar-refractivity contribution in [2.75, 3.05) is 59.5 Å². The number of carbonyl (C=O) groups is 4. The summed E-state index contributed by atoms with van der Waals surface area (Å²) in [5.74, 6) is -2.57. The molecule has 0 aromatic carbocycles. The van der Waals surface area contributed by atoms with Crippen LogP contribution in [-0.2, 0) is 23.9 Å². The molecule has 0 radical (unpaired) electrons. The molecule has 174 valence electrons. The van der Waals surface area contributed by atoms with E-state index in [2.05, 4.69) is 19.2 Å². The van der Waals surface area contributed by atoms with Crippen LogP contribution in [0.4, 0.5) is 0 Å². The van der Waals surface area contributed by atoms with Crippen molar-refractivity contribution in [3.05, 3.63) is 0 Å². The molecule has 0 aromatic heterocycles. The summed E-state index contributed by atoms with van der Waals surface area (Å²) in [7, 11) is 1.44. The molecule has 0 aliphatic rings. The first-order valence-electron chi connectivity index (χ1n) is 10.4. The lowest BCUT2D eigenvalue weighted by Crippen LogP contribution is -3.22. The Morgan fingerprint density at radius 1 is 0.867 bits per heavy atom. The van der Waals surface area contributed by atoms with Gasteiger partial charge in [0.25, 0.3) is 5.91 Å².